The molecule has 0 spiro atoms. The highest BCUT2D eigenvalue weighted by Gasteiger charge is 2.11. The molecule has 0 saturated carbocycles. The number of aliphatic carboxylic acids is 2. The molecule has 0 heterocycles. The summed E-state index contributed by atoms with van der Waals surface area (Å²) in [6, 6.07) is 6.77. The van der Waals surface area contributed by atoms with Crippen LogP contribution < -0.4 is 4.74 Å². The van der Waals surface area contributed by atoms with Crippen LogP contribution in [0, 0.1) is 0 Å². The van der Waals surface area contributed by atoms with E-state index in [0.717, 1.165) is 19.4 Å². The Labute approximate surface area is 135 Å². The lowest BCUT2D eigenvalue weighted by molar-refractivity contribution is -0.139. The fraction of sp³-hybridized carbons (Fsp3) is 0.412. The van der Waals surface area contributed by atoms with Gasteiger partial charge in [0.2, 0.25) is 0 Å². The second kappa shape index (κ2) is 10.4. The van der Waals surface area contributed by atoms with Gasteiger partial charge in [-0.1, -0.05) is 25.5 Å². The van der Waals surface area contributed by atoms with Crippen molar-refractivity contribution in [2.45, 2.75) is 26.2 Å². The van der Waals surface area contributed by atoms with Crippen LogP contribution in [0.25, 0.3) is 6.08 Å². The molecule has 0 atom stereocenters. The van der Waals surface area contributed by atoms with E-state index in [9.17, 15) is 9.59 Å². The van der Waals surface area contributed by atoms with E-state index in [1.54, 1.807) is 24.3 Å². The molecule has 6 nitrogen and oxygen atoms in total. The fourth-order valence-corrected chi connectivity index (χ4v) is 1.78. The maximum atomic E-state index is 11.0. The molecule has 0 aliphatic carbocycles. The van der Waals surface area contributed by atoms with E-state index in [2.05, 4.69) is 6.92 Å². The molecule has 0 unspecified atom stereocenters. The molecule has 0 bridgehead atoms. The summed E-state index contributed by atoms with van der Waals surface area (Å²) in [5.74, 6) is -1.77. The number of rotatable bonds is 11. The summed E-state index contributed by atoms with van der Waals surface area (Å²) < 4.78 is 10.9. The summed E-state index contributed by atoms with van der Waals surface area (Å²) in [4.78, 5) is 21.6. The van der Waals surface area contributed by atoms with Crippen LogP contribution >= 0.6 is 0 Å². The highest BCUT2D eigenvalue weighted by Crippen LogP contribution is 2.16. The molecule has 23 heavy (non-hydrogen) atoms. The molecule has 0 saturated heterocycles. The monoisotopic (exact) mass is 322 g/mol. The molecular weight excluding hydrogens is 300 g/mol. The van der Waals surface area contributed by atoms with Crippen molar-refractivity contribution in [3.8, 4) is 5.75 Å². The summed E-state index contributed by atoms with van der Waals surface area (Å²) in [6.45, 7) is 3.79. The highest BCUT2D eigenvalue weighted by atomic mass is 16.5. The van der Waals surface area contributed by atoms with Crippen molar-refractivity contribution in [1.82, 2.24) is 0 Å². The minimum absolute atomic E-state index is 0.171. The zero-order valence-electron chi connectivity index (χ0n) is 13.2. The lowest BCUT2D eigenvalue weighted by Gasteiger charge is -2.07. The largest absolute Gasteiger partial charge is 0.491 e. The molecule has 6 heteroatoms. The van der Waals surface area contributed by atoms with Crippen molar-refractivity contribution in [3.63, 3.8) is 0 Å². The van der Waals surface area contributed by atoms with Gasteiger partial charge in [0.15, 0.2) is 0 Å². The van der Waals surface area contributed by atoms with Crippen molar-refractivity contribution in [1.29, 1.82) is 0 Å². The molecule has 0 aliphatic rings. The first kappa shape index (κ1) is 18.7. The van der Waals surface area contributed by atoms with Gasteiger partial charge in [-0.2, -0.15) is 0 Å². The van der Waals surface area contributed by atoms with E-state index in [1.807, 2.05) is 0 Å². The quantitative estimate of drug-likeness (QED) is 0.481. The smallest absolute Gasteiger partial charge is 0.332 e. The minimum atomic E-state index is -1.24. The second-order valence-corrected chi connectivity index (χ2v) is 4.93. The zero-order chi connectivity index (χ0) is 17.1. The number of benzene rings is 1. The van der Waals surface area contributed by atoms with Crippen LogP contribution in [0.4, 0.5) is 0 Å². The van der Waals surface area contributed by atoms with Gasteiger partial charge in [0, 0.05) is 12.2 Å². The SMILES string of the molecule is CCCCOCCOc1ccc(/C=C(\CC(=O)O)C(=O)O)cc1. The second-order valence-electron chi connectivity index (χ2n) is 4.93. The number of carboxylic acid groups (broad SMARTS) is 2. The Balaban J connectivity index is 2.51. The predicted molar refractivity (Wildman–Crippen MR) is 85.5 cm³/mol. The number of hydrogen-bond acceptors (Lipinski definition) is 4. The zero-order valence-corrected chi connectivity index (χ0v) is 13.2. The average Bonchev–Trinajstić information content (AvgIpc) is 2.51. The lowest BCUT2D eigenvalue weighted by atomic mass is 10.1. The third-order valence-electron chi connectivity index (χ3n) is 2.98. The van der Waals surface area contributed by atoms with Gasteiger partial charge >= 0.3 is 11.9 Å². The van der Waals surface area contributed by atoms with E-state index in [1.165, 1.54) is 6.08 Å². The Morgan fingerprint density at radius 1 is 1.09 bits per heavy atom. The molecule has 126 valence electrons. The summed E-state index contributed by atoms with van der Waals surface area (Å²) in [5, 5.41) is 17.7. The van der Waals surface area contributed by atoms with Crippen LogP contribution in [0.3, 0.4) is 0 Å². The predicted octanol–water partition coefficient (Wildman–Crippen LogP) is 2.82. The lowest BCUT2D eigenvalue weighted by Crippen LogP contribution is -2.07. The Morgan fingerprint density at radius 2 is 1.78 bits per heavy atom. The maximum Gasteiger partial charge on any atom is 0.332 e. The maximum absolute atomic E-state index is 11.0. The van der Waals surface area contributed by atoms with E-state index < -0.39 is 18.4 Å². The first-order valence-electron chi connectivity index (χ1n) is 7.49. The third-order valence-corrected chi connectivity index (χ3v) is 2.98. The average molecular weight is 322 g/mol. The Morgan fingerprint density at radius 3 is 2.35 bits per heavy atom. The Hall–Kier alpha value is -2.34. The van der Waals surface area contributed by atoms with Gasteiger partial charge < -0.3 is 19.7 Å². The van der Waals surface area contributed by atoms with Gasteiger partial charge in [-0.05, 0) is 30.2 Å². The van der Waals surface area contributed by atoms with Crippen LogP contribution in [-0.2, 0) is 14.3 Å². The van der Waals surface area contributed by atoms with Gasteiger partial charge in [0.05, 0.1) is 13.0 Å². The molecule has 1 aromatic rings. The van der Waals surface area contributed by atoms with Gasteiger partial charge in [-0.3, -0.25) is 4.79 Å². The fourth-order valence-electron chi connectivity index (χ4n) is 1.78. The van der Waals surface area contributed by atoms with Crippen LogP contribution in [0.2, 0.25) is 0 Å². The number of unbranched alkanes of at least 4 members (excludes halogenated alkanes) is 1. The van der Waals surface area contributed by atoms with E-state index in [4.69, 9.17) is 19.7 Å². The van der Waals surface area contributed by atoms with Crippen LogP contribution in [0.1, 0.15) is 31.7 Å². The molecule has 0 radical (unpaired) electrons. The summed E-state index contributed by atoms with van der Waals surface area (Å²) in [6.07, 6.45) is 2.94. The standard InChI is InChI=1S/C17H22O6/c1-2-3-8-22-9-10-23-15-6-4-13(5-7-15)11-14(17(20)21)12-16(18)19/h4-7,11H,2-3,8-10,12H2,1H3,(H,18,19)(H,20,21)/b14-11+. The minimum Gasteiger partial charge on any atom is -0.491 e. The molecule has 0 fully saturated rings. The van der Waals surface area contributed by atoms with Crippen LogP contribution in [0.5, 0.6) is 5.75 Å². The summed E-state index contributed by atoms with van der Waals surface area (Å²) in [7, 11) is 0. The molecule has 1 aromatic carbocycles. The Kier molecular flexibility index (Phi) is 8.46. The van der Waals surface area contributed by atoms with Gasteiger partial charge in [-0.15, -0.1) is 0 Å². The molecule has 1 rings (SSSR count). The third kappa shape index (κ3) is 8.01. The van der Waals surface area contributed by atoms with Gasteiger partial charge in [0.1, 0.15) is 12.4 Å². The first-order valence-corrected chi connectivity index (χ1v) is 7.49. The van der Waals surface area contributed by atoms with Crippen molar-refractivity contribution in [2.75, 3.05) is 19.8 Å². The number of ether oxygens (including phenoxy) is 2. The van der Waals surface area contributed by atoms with Crippen molar-refractivity contribution >= 4 is 18.0 Å². The molecule has 0 aliphatic heterocycles. The molecular formula is C17H22O6. The summed E-state index contributed by atoms with van der Waals surface area (Å²) in [5.41, 5.74) is 0.436. The van der Waals surface area contributed by atoms with Crippen LogP contribution in [0.15, 0.2) is 29.8 Å². The Bertz CT molecular complexity index is 533. The first-order chi connectivity index (χ1) is 11.0. The van der Waals surface area contributed by atoms with E-state index in [0.29, 0.717) is 24.5 Å². The van der Waals surface area contributed by atoms with Crippen molar-refractivity contribution in [2.24, 2.45) is 0 Å². The summed E-state index contributed by atoms with van der Waals surface area (Å²) >= 11 is 0. The van der Waals surface area contributed by atoms with Crippen molar-refractivity contribution < 1.29 is 29.3 Å². The number of hydrogen-bond donors (Lipinski definition) is 2. The molecule has 2 N–H and O–H groups in total. The molecule has 0 amide bonds. The van der Waals surface area contributed by atoms with Crippen LogP contribution in [-0.4, -0.2) is 42.0 Å². The number of carbonyl (C=O) groups is 2. The topological polar surface area (TPSA) is 93.1 Å². The van der Waals surface area contributed by atoms with E-state index >= 15 is 0 Å². The highest BCUT2D eigenvalue weighted by molar-refractivity contribution is 5.96. The molecule has 0 aromatic heterocycles. The van der Waals surface area contributed by atoms with Crippen molar-refractivity contribution in [3.05, 3.63) is 35.4 Å². The normalized spacial score (nSPS) is 11.3. The number of carboxylic acids is 2. The van der Waals surface area contributed by atoms with Gasteiger partial charge in [-0.25, -0.2) is 4.79 Å². The van der Waals surface area contributed by atoms with E-state index in [-0.39, 0.29) is 5.57 Å². The van der Waals surface area contributed by atoms with Gasteiger partial charge in [0.25, 0.3) is 0 Å².